The van der Waals surface area contributed by atoms with Crippen LogP contribution in [0.1, 0.15) is 0 Å². The van der Waals surface area contributed by atoms with E-state index in [9.17, 15) is 9.18 Å². The number of halogens is 1. The highest BCUT2D eigenvalue weighted by Crippen LogP contribution is 2.19. The summed E-state index contributed by atoms with van der Waals surface area (Å²) in [7, 11) is 0. The van der Waals surface area contributed by atoms with Gasteiger partial charge in [0.2, 0.25) is 5.91 Å². The molecule has 0 aliphatic heterocycles. The molecule has 0 fully saturated rings. The SMILES string of the molecule is Nc1cc(N)nc(SCC(=O)Nc2ccc(F)c(N)c2)n1. The molecule has 9 heteroatoms. The number of hydrogen-bond acceptors (Lipinski definition) is 7. The zero-order valence-corrected chi connectivity index (χ0v) is 11.7. The fraction of sp³-hybridized carbons (Fsp3) is 0.0833. The normalized spacial score (nSPS) is 10.3. The van der Waals surface area contributed by atoms with Gasteiger partial charge in [-0.15, -0.1) is 0 Å². The number of hydrogen-bond donors (Lipinski definition) is 4. The largest absolute Gasteiger partial charge is 0.396 e. The molecule has 1 amide bonds. The Morgan fingerprint density at radius 3 is 2.48 bits per heavy atom. The van der Waals surface area contributed by atoms with Crippen LogP contribution in [0, 0.1) is 5.82 Å². The minimum atomic E-state index is -0.536. The molecule has 1 heterocycles. The van der Waals surface area contributed by atoms with E-state index in [4.69, 9.17) is 17.2 Å². The van der Waals surface area contributed by atoms with Gasteiger partial charge < -0.3 is 22.5 Å². The molecule has 7 nitrogen and oxygen atoms in total. The third-order valence-electron chi connectivity index (χ3n) is 2.36. The summed E-state index contributed by atoms with van der Waals surface area (Å²) in [6, 6.07) is 5.36. The van der Waals surface area contributed by atoms with Gasteiger partial charge in [0.1, 0.15) is 17.5 Å². The van der Waals surface area contributed by atoms with Gasteiger partial charge in [0.15, 0.2) is 5.16 Å². The van der Waals surface area contributed by atoms with Gasteiger partial charge in [-0.2, -0.15) is 0 Å². The summed E-state index contributed by atoms with van der Waals surface area (Å²) in [4.78, 5) is 19.6. The highest BCUT2D eigenvalue weighted by molar-refractivity contribution is 7.99. The number of nitrogen functional groups attached to an aromatic ring is 3. The van der Waals surface area contributed by atoms with Crippen LogP contribution < -0.4 is 22.5 Å². The van der Waals surface area contributed by atoms with Gasteiger partial charge in [0.25, 0.3) is 0 Å². The Morgan fingerprint density at radius 1 is 1.19 bits per heavy atom. The maximum atomic E-state index is 13.0. The number of aromatic nitrogens is 2. The first-order valence-corrected chi connectivity index (χ1v) is 6.80. The fourth-order valence-electron chi connectivity index (χ4n) is 1.48. The summed E-state index contributed by atoms with van der Waals surface area (Å²) in [5.41, 5.74) is 16.8. The van der Waals surface area contributed by atoms with Crippen molar-refractivity contribution >= 4 is 40.7 Å². The molecule has 2 rings (SSSR count). The summed E-state index contributed by atoms with van der Waals surface area (Å²) in [5.74, 6) is -0.324. The van der Waals surface area contributed by atoms with Crippen LogP contribution in [0.25, 0.3) is 0 Å². The molecule has 0 spiro atoms. The number of nitrogens with two attached hydrogens (primary N) is 3. The second-order valence-corrected chi connectivity index (χ2v) is 5.02. The predicted octanol–water partition coefficient (Wildman–Crippen LogP) is 1.09. The number of nitrogens with one attached hydrogen (secondary N) is 1. The number of benzene rings is 1. The summed E-state index contributed by atoms with van der Waals surface area (Å²) >= 11 is 1.08. The quantitative estimate of drug-likeness (QED) is 0.377. The molecule has 7 N–H and O–H groups in total. The first-order chi connectivity index (χ1) is 9.94. The van der Waals surface area contributed by atoms with Crippen LogP contribution in [0.15, 0.2) is 29.4 Å². The van der Waals surface area contributed by atoms with Gasteiger partial charge in [-0.25, -0.2) is 14.4 Å². The van der Waals surface area contributed by atoms with E-state index in [1.54, 1.807) is 0 Å². The maximum Gasteiger partial charge on any atom is 0.234 e. The number of nitrogens with zero attached hydrogens (tertiary/aromatic N) is 2. The number of anilines is 4. The molecule has 0 bridgehead atoms. The van der Waals surface area contributed by atoms with Crippen molar-refractivity contribution in [1.82, 2.24) is 9.97 Å². The molecule has 1 aromatic carbocycles. The molecule has 0 atom stereocenters. The Hall–Kier alpha value is -2.55. The van der Waals surface area contributed by atoms with E-state index in [0.717, 1.165) is 11.8 Å². The number of rotatable bonds is 4. The van der Waals surface area contributed by atoms with Crippen molar-refractivity contribution in [2.75, 3.05) is 28.3 Å². The molecular weight excluding hydrogens is 295 g/mol. The number of carbonyl (C=O) groups excluding carboxylic acids is 1. The maximum absolute atomic E-state index is 13.0. The molecule has 0 saturated carbocycles. The molecule has 0 saturated heterocycles. The van der Waals surface area contributed by atoms with Crippen LogP contribution in [-0.2, 0) is 4.79 Å². The van der Waals surface area contributed by atoms with E-state index in [1.807, 2.05) is 0 Å². The van der Waals surface area contributed by atoms with E-state index in [2.05, 4.69) is 15.3 Å². The minimum Gasteiger partial charge on any atom is -0.396 e. The Kier molecular flexibility index (Phi) is 4.43. The first kappa shape index (κ1) is 14.9. The predicted molar refractivity (Wildman–Crippen MR) is 81.0 cm³/mol. The van der Waals surface area contributed by atoms with Gasteiger partial charge in [0.05, 0.1) is 11.4 Å². The average molecular weight is 308 g/mol. The van der Waals surface area contributed by atoms with Crippen molar-refractivity contribution < 1.29 is 9.18 Å². The van der Waals surface area contributed by atoms with Gasteiger partial charge in [-0.05, 0) is 18.2 Å². The average Bonchev–Trinajstić information content (AvgIpc) is 2.40. The molecule has 0 aliphatic rings. The number of amides is 1. The highest BCUT2D eigenvalue weighted by atomic mass is 32.2. The van der Waals surface area contributed by atoms with Crippen LogP contribution in [-0.4, -0.2) is 21.6 Å². The molecule has 0 radical (unpaired) electrons. The van der Waals surface area contributed by atoms with Crippen molar-refractivity contribution in [3.05, 3.63) is 30.1 Å². The molecule has 2 aromatic rings. The standard InChI is InChI=1S/C12H13FN6OS/c13-7-2-1-6(3-8(7)14)17-11(20)5-21-12-18-9(15)4-10(16)19-12/h1-4H,5,14H2,(H,17,20)(H4,15,16,18,19). The van der Waals surface area contributed by atoms with E-state index < -0.39 is 5.82 Å². The zero-order chi connectivity index (χ0) is 15.4. The van der Waals surface area contributed by atoms with Gasteiger partial charge in [-0.3, -0.25) is 4.79 Å². The van der Waals surface area contributed by atoms with Crippen molar-refractivity contribution in [2.24, 2.45) is 0 Å². The molecule has 0 unspecified atom stereocenters. The molecule has 110 valence electrons. The lowest BCUT2D eigenvalue weighted by Gasteiger charge is -2.06. The Balaban J connectivity index is 1.94. The lowest BCUT2D eigenvalue weighted by molar-refractivity contribution is -0.113. The third-order valence-corrected chi connectivity index (χ3v) is 3.20. The van der Waals surface area contributed by atoms with Crippen LogP contribution in [0.5, 0.6) is 0 Å². The van der Waals surface area contributed by atoms with E-state index in [-0.39, 0.29) is 29.0 Å². The van der Waals surface area contributed by atoms with Crippen molar-refractivity contribution in [2.45, 2.75) is 5.16 Å². The first-order valence-electron chi connectivity index (χ1n) is 5.82. The second kappa shape index (κ2) is 6.27. The van der Waals surface area contributed by atoms with Crippen LogP contribution in [0.4, 0.5) is 27.4 Å². The van der Waals surface area contributed by atoms with Crippen LogP contribution >= 0.6 is 11.8 Å². The lowest BCUT2D eigenvalue weighted by Crippen LogP contribution is -2.14. The highest BCUT2D eigenvalue weighted by Gasteiger charge is 2.08. The Labute approximate surface area is 124 Å². The number of thioether (sulfide) groups is 1. The molecule has 1 aromatic heterocycles. The third kappa shape index (κ3) is 4.21. The van der Waals surface area contributed by atoms with Gasteiger partial charge in [-0.1, -0.05) is 11.8 Å². The summed E-state index contributed by atoms with van der Waals surface area (Å²) in [6.07, 6.45) is 0. The van der Waals surface area contributed by atoms with Crippen LogP contribution in [0.2, 0.25) is 0 Å². The summed E-state index contributed by atoms with van der Waals surface area (Å²) in [5, 5.41) is 2.89. The smallest absolute Gasteiger partial charge is 0.234 e. The second-order valence-electron chi connectivity index (χ2n) is 4.07. The Morgan fingerprint density at radius 2 is 1.86 bits per heavy atom. The van der Waals surface area contributed by atoms with Crippen molar-refractivity contribution in [1.29, 1.82) is 0 Å². The lowest BCUT2D eigenvalue weighted by atomic mass is 10.2. The topological polar surface area (TPSA) is 133 Å². The molecule has 21 heavy (non-hydrogen) atoms. The van der Waals surface area contributed by atoms with Gasteiger partial charge in [0, 0.05) is 11.8 Å². The van der Waals surface area contributed by atoms with Crippen LogP contribution in [0.3, 0.4) is 0 Å². The van der Waals surface area contributed by atoms with Crippen molar-refractivity contribution in [3.63, 3.8) is 0 Å². The summed E-state index contributed by atoms with van der Waals surface area (Å²) in [6.45, 7) is 0. The minimum absolute atomic E-state index is 0.0348. The fourth-order valence-corrected chi connectivity index (χ4v) is 2.15. The van der Waals surface area contributed by atoms with Crippen molar-refractivity contribution in [3.8, 4) is 0 Å². The zero-order valence-electron chi connectivity index (χ0n) is 10.8. The monoisotopic (exact) mass is 308 g/mol. The van der Waals surface area contributed by atoms with E-state index in [1.165, 1.54) is 24.3 Å². The summed E-state index contributed by atoms with van der Waals surface area (Å²) < 4.78 is 13.0. The van der Waals surface area contributed by atoms with E-state index in [0.29, 0.717) is 10.8 Å². The molecule has 0 aliphatic carbocycles. The Bertz CT molecular complexity index is 661. The molecular formula is C12H13FN6OS. The number of carbonyl (C=O) groups is 1. The van der Waals surface area contributed by atoms with Gasteiger partial charge >= 0.3 is 0 Å². The van der Waals surface area contributed by atoms with E-state index >= 15 is 0 Å².